The molecule has 3 aromatic rings. The van der Waals surface area contributed by atoms with Gasteiger partial charge in [-0.2, -0.15) is 4.98 Å². The summed E-state index contributed by atoms with van der Waals surface area (Å²) in [6.07, 6.45) is 1.00. The minimum absolute atomic E-state index is 0. The van der Waals surface area contributed by atoms with Gasteiger partial charge in [0.15, 0.2) is 0 Å². The predicted molar refractivity (Wildman–Crippen MR) is 119 cm³/mol. The van der Waals surface area contributed by atoms with Crippen LogP contribution in [0, 0.1) is 26.6 Å². The van der Waals surface area contributed by atoms with E-state index in [-0.39, 0.29) is 24.3 Å². The van der Waals surface area contributed by atoms with Crippen LogP contribution in [0.5, 0.6) is 0 Å². The number of anilines is 3. The Labute approximate surface area is 177 Å². The number of hydrogen-bond acceptors (Lipinski definition) is 4. The van der Waals surface area contributed by atoms with Crippen molar-refractivity contribution in [1.29, 1.82) is 0 Å². The van der Waals surface area contributed by atoms with Gasteiger partial charge in [0.1, 0.15) is 11.6 Å². The van der Waals surface area contributed by atoms with Crippen LogP contribution in [-0.4, -0.2) is 16.5 Å². The van der Waals surface area contributed by atoms with Crippen molar-refractivity contribution in [1.82, 2.24) is 9.97 Å². The number of nitrogens with one attached hydrogen (secondary N) is 1. The number of rotatable bonds is 3. The number of aromatic nitrogens is 2. The lowest BCUT2D eigenvalue weighted by atomic mass is 9.93. The molecule has 1 aliphatic heterocycles. The molecule has 2 heterocycles. The van der Waals surface area contributed by atoms with Crippen LogP contribution in [0.1, 0.15) is 40.9 Å². The predicted octanol–water partition coefficient (Wildman–Crippen LogP) is 5.83. The summed E-state index contributed by atoms with van der Waals surface area (Å²) in [6.45, 7) is 9.10. The SMILES string of the molecule is Cc1cc(F)ccc1Nc1nc(C)c(C)c(N2CCc3ccccc3[C@H]2C)n1.Cl. The summed E-state index contributed by atoms with van der Waals surface area (Å²) in [5, 5.41) is 3.27. The fourth-order valence-electron chi connectivity index (χ4n) is 3.90. The van der Waals surface area contributed by atoms with Crippen molar-refractivity contribution < 1.29 is 4.39 Å². The van der Waals surface area contributed by atoms with Crippen LogP contribution in [0.3, 0.4) is 0 Å². The molecular weight excluding hydrogens is 387 g/mol. The molecule has 2 aromatic carbocycles. The number of nitrogens with zero attached hydrogens (tertiary/aromatic N) is 3. The first-order valence-electron chi connectivity index (χ1n) is 9.67. The zero-order valence-electron chi connectivity index (χ0n) is 17.2. The number of aryl methyl sites for hydroxylation is 2. The molecule has 6 heteroatoms. The second-order valence-electron chi connectivity index (χ2n) is 7.48. The molecule has 0 saturated carbocycles. The van der Waals surface area contributed by atoms with Gasteiger partial charge in [-0.1, -0.05) is 24.3 Å². The van der Waals surface area contributed by atoms with Crippen LogP contribution in [-0.2, 0) is 6.42 Å². The zero-order valence-corrected chi connectivity index (χ0v) is 18.0. The molecule has 0 fully saturated rings. The fraction of sp³-hybridized carbons (Fsp3) is 0.304. The standard InChI is InChI=1S/C23H25FN4.ClH/c1-14-13-19(24)9-10-21(14)26-23-25-16(3)15(2)22(27-23)28-12-11-18-7-5-6-8-20(18)17(28)4;/h5-10,13,17H,11-12H2,1-4H3,(H,25,26,27);1H/t17-;/m1./s1. The molecular formula is C23H26ClFN4. The minimum atomic E-state index is -0.245. The largest absolute Gasteiger partial charge is 0.349 e. The van der Waals surface area contributed by atoms with Crippen molar-refractivity contribution in [2.75, 3.05) is 16.8 Å². The molecule has 152 valence electrons. The number of hydrogen-bond donors (Lipinski definition) is 1. The zero-order chi connectivity index (χ0) is 19.8. The maximum atomic E-state index is 13.4. The lowest BCUT2D eigenvalue weighted by molar-refractivity contribution is 0.614. The Morgan fingerprint density at radius 2 is 1.83 bits per heavy atom. The number of halogens is 2. The Bertz CT molecular complexity index is 1040. The van der Waals surface area contributed by atoms with E-state index in [1.54, 1.807) is 6.07 Å². The Morgan fingerprint density at radius 1 is 1.07 bits per heavy atom. The van der Waals surface area contributed by atoms with Gasteiger partial charge in [0.2, 0.25) is 5.95 Å². The van der Waals surface area contributed by atoms with Gasteiger partial charge in [-0.3, -0.25) is 0 Å². The molecule has 1 aliphatic rings. The summed E-state index contributed by atoms with van der Waals surface area (Å²) in [5.74, 6) is 1.25. The minimum Gasteiger partial charge on any atom is -0.349 e. The van der Waals surface area contributed by atoms with Crippen LogP contribution in [0.25, 0.3) is 0 Å². The van der Waals surface area contributed by atoms with Crippen LogP contribution in [0.4, 0.5) is 21.8 Å². The molecule has 0 saturated heterocycles. The summed E-state index contributed by atoms with van der Waals surface area (Å²) < 4.78 is 13.4. The van der Waals surface area contributed by atoms with E-state index in [0.29, 0.717) is 5.95 Å². The van der Waals surface area contributed by atoms with Crippen LogP contribution in [0.15, 0.2) is 42.5 Å². The summed E-state index contributed by atoms with van der Waals surface area (Å²) in [6, 6.07) is 13.5. The molecule has 4 nitrogen and oxygen atoms in total. The Hall–Kier alpha value is -2.66. The van der Waals surface area contributed by atoms with Gasteiger partial charge in [0, 0.05) is 23.5 Å². The molecule has 29 heavy (non-hydrogen) atoms. The average molecular weight is 413 g/mol. The van der Waals surface area contributed by atoms with E-state index in [1.807, 2.05) is 13.8 Å². The van der Waals surface area contributed by atoms with Crippen molar-refractivity contribution in [3.05, 3.63) is 76.2 Å². The smallest absolute Gasteiger partial charge is 0.229 e. The highest BCUT2D eigenvalue weighted by Gasteiger charge is 2.26. The molecule has 0 spiro atoms. The first-order valence-corrected chi connectivity index (χ1v) is 9.67. The average Bonchev–Trinajstić information content (AvgIpc) is 2.67. The molecule has 1 atom stereocenters. The van der Waals surface area contributed by atoms with Crippen LogP contribution in [0.2, 0.25) is 0 Å². The molecule has 4 rings (SSSR count). The monoisotopic (exact) mass is 412 g/mol. The van der Waals surface area contributed by atoms with E-state index in [2.05, 4.69) is 53.3 Å². The number of benzene rings is 2. The van der Waals surface area contributed by atoms with E-state index in [4.69, 9.17) is 4.98 Å². The molecule has 0 amide bonds. The van der Waals surface area contributed by atoms with E-state index >= 15 is 0 Å². The van der Waals surface area contributed by atoms with Gasteiger partial charge in [-0.05, 0) is 69.0 Å². The quantitative estimate of drug-likeness (QED) is 0.587. The van der Waals surface area contributed by atoms with Crippen LogP contribution < -0.4 is 10.2 Å². The Kier molecular flexibility index (Phi) is 6.08. The van der Waals surface area contributed by atoms with Crippen molar-refractivity contribution in [3.63, 3.8) is 0 Å². The summed E-state index contributed by atoms with van der Waals surface area (Å²) in [7, 11) is 0. The van der Waals surface area contributed by atoms with Crippen molar-refractivity contribution in [2.45, 2.75) is 40.2 Å². The van der Waals surface area contributed by atoms with Gasteiger partial charge in [-0.25, -0.2) is 9.37 Å². The molecule has 0 unspecified atom stereocenters. The summed E-state index contributed by atoms with van der Waals surface area (Å²) in [5.41, 5.74) is 6.44. The van der Waals surface area contributed by atoms with Gasteiger partial charge >= 0.3 is 0 Å². The van der Waals surface area contributed by atoms with E-state index in [1.165, 1.54) is 23.3 Å². The third-order valence-electron chi connectivity index (χ3n) is 5.67. The first kappa shape index (κ1) is 21.1. The lowest BCUT2D eigenvalue weighted by Gasteiger charge is -2.37. The van der Waals surface area contributed by atoms with E-state index in [0.717, 1.165) is 41.3 Å². The van der Waals surface area contributed by atoms with E-state index < -0.39 is 0 Å². The molecule has 1 N–H and O–H groups in total. The number of fused-ring (bicyclic) bond motifs is 1. The van der Waals surface area contributed by atoms with E-state index in [9.17, 15) is 4.39 Å². The normalized spacial score (nSPS) is 15.5. The third-order valence-corrected chi connectivity index (χ3v) is 5.67. The summed E-state index contributed by atoms with van der Waals surface area (Å²) in [4.78, 5) is 11.8. The van der Waals surface area contributed by atoms with Crippen molar-refractivity contribution in [3.8, 4) is 0 Å². The maximum Gasteiger partial charge on any atom is 0.229 e. The topological polar surface area (TPSA) is 41.1 Å². The Morgan fingerprint density at radius 3 is 2.59 bits per heavy atom. The molecule has 0 bridgehead atoms. The summed E-state index contributed by atoms with van der Waals surface area (Å²) >= 11 is 0. The van der Waals surface area contributed by atoms with Gasteiger partial charge in [0.25, 0.3) is 0 Å². The highest BCUT2D eigenvalue weighted by molar-refractivity contribution is 5.85. The van der Waals surface area contributed by atoms with Gasteiger partial charge < -0.3 is 10.2 Å². The maximum absolute atomic E-state index is 13.4. The van der Waals surface area contributed by atoms with Gasteiger partial charge in [-0.15, -0.1) is 12.4 Å². The molecule has 1 aromatic heterocycles. The highest BCUT2D eigenvalue weighted by Crippen LogP contribution is 2.35. The fourth-order valence-corrected chi connectivity index (χ4v) is 3.90. The molecule has 0 radical (unpaired) electrons. The first-order chi connectivity index (χ1) is 13.4. The Balaban J connectivity index is 0.00000240. The van der Waals surface area contributed by atoms with Crippen LogP contribution >= 0.6 is 12.4 Å². The second-order valence-corrected chi connectivity index (χ2v) is 7.48. The second kappa shape index (κ2) is 8.37. The van der Waals surface area contributed by atoms with Crippen molar-refractivity contribution in [2.24, 2.45) is 0 Å². The lowest BCUT2D eigenvalue weighted by Crippen LogP contribution is -2.35. The molecule has 0 aliphatic carbocycles. The third kappa shape index (κ3) is 4.06. The van der Waals surface area contributed by atoms with Gasteiger partial charge in [0.05, 0.1) is 6.04 Å². The highest BCUT2D eigenvalue weighted by atomic mass is 35.5. The van der Waals surface area contributed by atoms with Crippen molar-refractivity contribution >= 4 is 29.9 Å².